The molecule has 0 bridgehead atoms. The maximum atomic E-state index is 12.8. The lowest BCUT2D eigenvalue weighted by molar-refractivity contribution is 0.0619. The van der Waals surface area contributed by atoms with Crippen molar-refractivity contribution >= 4 is 11.7 Å². The number of nitrogens with zero attached hydrogens (tertiary/aromatic N) is 3. The van der Waals surface area contributed by atoms with E-state index >= 15 is 0 Å². The molecule has 1 aliphatic carbocycles. The minimum atomic E-state index is -0.0845. The third-order valence-electron chi connectivity index (χ3n) is 4.94. The van der Waals surface area contributed by atoms with E-state index in [1.54, 1.807) is 12.3 Å². The van der Waals surface area contributed by atoms with Gasteiger partial charge in [-0.2, -0.15) is 0 Å². The minimum absolute atomic E-state index is 0.0336. The molecule has 2 aromatic heterocycles. The van der Waals surface area contributed by atoms with E-state index in [-0.39, 0.29) is 18.0 Å². The molecule has 2 N–H and O–H groups in total. The van der Waals surface area contributed by atoms with Crippen molar-refractivity contribution in [1.82, 2.24) is 20.3 Å². The van der Waals surface area contributed by atoms with Crippen molar-refractivity contribution < 1.29 is 9.53 Å². The van der Waals surface area contributed by atoms with Crippen LogP contribution in [-0.4, -0.2) is 46.2 Å². The molecule has 0 radical (unpaired) electrons. The van der Waals surface area contributed by atoms with E-state index in [4.69, 9.17) is 4.74 Å². The number of nitrogens with one attached hydrogen (secondary N) is 2. The molecule has 4 rings (SSSR count). The number of aryl methyl sites for hydroxylation is 1. The first kappa shape index (κ1) is 16.9. The number of amides is 1. The highest BCUT2D eigenvalue weighted by Crippen LogP contribution is 2.39. The van der Waals surface area contributed by atoms with Gasteiger partial charge < -0.3 is 15.4 Å². The lowest BCUT2D eigenvalue weighted by atomic mass is 10.0. The summed E-state index contributed by atoms with van der Waals surface area (Å²) in [5, 5.41) is 6.47. The van der Waals surface area contributed by atoms with E-state index in [9.17, 15) is 4.79 Å². The fourth-order valence-electron chi connectivity index (χ4n) is 3.29. The Morgan fingerprint density at radius 3 is 2.81 bits per heavy atom. The molecular formula is C19H23N5O2. The first-order chi connectivity index (χ1) is 12.7. The predicted molar refractivity (Wildman–Crippen MR) is 97.1 cm³/mol. The molecule has 2 aliphatic rings. The zero-order chi connectivity index (χ0) is 17.9. The van der Waals surface area contributed by atoms with Gasteiger partial charge in [0.05, 0.1) is 29.9 Å². The number of hydrogen-bond acceptors (Lipinski definition) is 6. The second-order valence-electron chi connectivity index (χ2n) is 6.93. The Morgan fingerprint density at radius 1 is 1.19 bits per heavy atom. The molecule has 1 aliphatic heterocycles. The van der Waals surface area contributed by atoms with Crippen molar-refractivity contribution in [3.05, 3.63) is 47.7 Å². The van der Waals surface area contributed by atoms with Crippen LogP contribution in [0.4, 0.5) is 5.82 Å². The lowest BCUT2D eigenvalue weighted by Gasteiger charge is -2.33. The van der Waals surface area contributed by atoms with E-state index in [1.165, 1.54) is 19.2 Å². The molecular weight excluding hydrogens is 330 g/mol. The number of ether oxygens (including phenoxy) is 1. The molecule has 26 heavy (non-hydrogen) atoms. The Kier molecular flexibility index (Phi) is 4.79. The van der Waals surface area contributed by atoms with E-state index in [2.05, 4.69) is 25.6 Å². The molecule has 7 nitrogen and oxygen atoms in total. The highest BCUT2D eigenvalue weighted by Gasteiger charge is 2.29. The second-order valence-corrected chi connectivity index (χ2v) is 6.93. The van der Waals surface area contributed by atoms with Crippen LogP contribution in [0.5, 0.6) is 0 Å². The van der Waals surface area contributed by atoms with Gasteiger partial charge in [0.2, 0.25) is 0 Å². The van der Waals surface area contributed by atoms with Crippen molar-refractivity contribution in [3.8, 4) is 0 Å². The Hall–Kier alpha value is -2.54. The highest BCUT2D eigenvalue weighted by molar-refractivity contribution is 5.95. The van der Waals surface area contributed by atoms with Crippen LogP contribution in [0.3, 0.4) is 0 Å². The van der Waals surface area contributed by atoms with Gasteiger partial charge in [-0.3, -0.25) is 9.78 Å². The average Bonchev–Trinajstić information content (AvgIpc) is 3.49. The zero-order valence-electron chi connectivity index (χ0n) is 14.8. The van der Waals surface area contributed by atoms with Gasteiger partial charge in [-0.1, -0.05) is 0 Å². The summed E-state index contributed by atoms with van der Waals surface area (Å²) in [6.45, 7) is 3.05. The van der Waals surface area contributed by atoms with Crippen LogP contribution < -0.4 is 10.6 Å². The van der Waals surface area contributed by atoms with Crippen LogP contribution in [0.15, 0.2) is 30.7 Å². The van der Waals surface area contributed by atoms with Crippen molar-refractivity contribution in [3.63, 3.8) is 0 Å². The standard InChI is InChI=1S/C19H23N5O2/c1-12-14(4-5-15(22-12)13-2-3-13)19(25)24-16-7-9-26-10-17(16)23-18-6-8-20-11-21-18/h4-6,8,11,13,16-17H,2-3,7,9-10H2,1H3,(H,24,25)(H,20,21,23)/t16-,17+/m0/s1. The van der Waals surface area contributed by atoms with Gasteiger partial charge >= 0.3 is 0 Å². The Labute approximate surface area is 152 Å². The van der Waals surface area contributed by atoms with Gasteiger partial charge in [0, 0.05) is 24.4 Å². The molecule has 0 unspecified atom stereocenters. The van der Waals surface area contributed by atoms with Gasteiger partial charge in [0.1, 0.15) is 12.1 Å². The van der Waals surface area contributed by atoms with E-state index in [0.29, 0.717) is 24.7 Å². The maximum Gasteiger partial charge on any atom is 0.253 e. The molecule has 0 aromatic carbocycles. The molecule has 2 fully saturated rings. The van der Waals surface area contributed by atoms with Crippen molar-refractivity contribution in [2.45, 2.75) is 44.2 Å². The first-order valence-corrected chi connectivity index (χ1v) is 9.09. The zero-order valence-corrected chi connectivity index (χ0v) is 14.8. The van der Waals surface area contributed by atoms with E-state index < -0.39 is 0 Å². The minimum Gasteiger partial charge on any atom is -0.379 e. The van der Waals surface area contributed by atoms with Crippen LogP contribution in [0.25, 0.3) is 0 Å². The van der Waals surface area contributed by atoms with Crippen molar-refractivity contribution in [1.29, 1.82) is 0 Å². The van der Waals surface area contributed by atoms with Gasteiger partial charge in [-0.25, -0.2) is 9.97 Å². The smallest absolute Gasteiger partial charge is 0.253 e. The summed E-state index contributed by atoms with van der Waals surface area (Å²) < 4.78 is 5.58. The topological polar surface area (TPSA) is 89.0 Å². The van der Waals surface area contributed by atoms with E-state index in [1.807, 2.05) is 19.1 Å². The number of hydrogen-bond donors (Lipinski definition) is 2. The first-order valence-electron chi connectivity index (χ1n) is 9.09. The highest BCUT2D eigenvalue weighted by atomic mass is 16.5. The summed E-state index contributed by atoms with van der Waals surface area (Å²) >= 11 is 0. The number of anilines is 1. The molecule has 1 saturated carbocycles. The molecule has 136 valence electrons. The quantitative estimate of drug-likeness (QED) is 0.855. The third kappa shape index (κ3) is 3.83. The Balaban J connectivity index is 1.44. The molecule has 1 saturated heterocycles. The Morgan fingerprint density at radius 2 is 2.08 bits per heavy atom. The molecule has 0 spiro atoms. The summed E-state index contributed by atoms with van der Waals surface area (Å²) in [6, 6.07) is 5.62. The maximum absolute atomic E-state index is 12.8. The summed E-state index contributed by atoms with van der Waals surface area (Å²) in [6.07, 6.45) is 6.34. The van der Waals surface area contributed by atoms with Crippen molar-refractivity contribution in [2.24, 2.45) is 0 Å². The van der Waals surface area contributed by atoms with Crippen molar-refractivity contribution in [2.75, 3.05) is 18.5 Å². The van der Waals surface area contributed by atoms with Crippen LogP contribution in [0.2, 0.25) is 0 Å². The average molecular weight is 353 g/mol. The van der Waals surface area contributed by atoms with Crippen LogP contribution in [-0.2, 0) is 4.74 Å². The van der Waals surface area contributed by atoms with Crippen LogP contribution in [0, 0.1) is 6.92 Å². The molecule has 1 amide bonds. The fourth-order valence-corrected chi connectivity index (χ4v) is 3.29. The normalized spacial score (nSPS) is 22.7. The lowest BCUT2D eigenvalue weighted by Crippen LogP contribution is -2.52. The SMILES string of the molecule is Cc1nc(C2CC2)ccc1C(=O)N[C@H]1CCOC[C@H]1Nc1ccncn1. The summed E-state index contributed by atoms with van der Waals surface area (Å²) in [5.41, 5.74) is 2.54. The number of aromatic nitrogens is 3. The molecule has 7 heteroatoms. The summed E-state index contributed by atoms with van der Waals surface area (Å²) in [4.78, 5) is 25.5. The molecule has 3 heterocycles. The molecule has 2 aromatic rings. The van der Waals surface area contributed by atoms with Gasteiger partial charge in [0.15, 0.2) is 0 Å². The largest absolute Gasteiger partial charge is 0.379 e. The number of pyridine rings is 1. The number of rotatable bonds is 5. The van der Waals surface area contributed by atoms with E-state index in [0.717, 1.165) is 23.6 Å². The molecule has 2 atom stereocenters. The third-order valence-corrected chi connectivity index (χ3v) is 4.94. The Bertz CT molecular complexity index is 779. The number of carbonyl (C=O) groups is 1. The number of carbonyl (C=O) groups excluding carboxylic acids is 1. The fraction of sp³-hybridized carbons (Fsp3) is 0.474. The monoisotopic (exact) mass is 353 g/mol. The summed E-state index contributed by atoms with van der Waals surface area (Å²) in [5.74, 6) is 1.22. The summed E-state index contributed by atoms with van der Waals surface area (Å²) in [7, 11) is 0. The van der Waals surface area contributed by atoms with Gasteiger partial charge in [-0.05, 0) is 44.4 Å². The van der Waals surface area contributed by atoms with Crippen LogP contribution >= 0.6 is 0 Å². The van der Waals surface area contributed by atoms with Gasteiger partial charge in [0.25, 0.3) is 5.91 Å². The second kappa shape index (κ2) is 7.37. The van der Waals surface area contributed by atoms with Crippen LogP contribution in [0.1, 0.15) is 46.9 Å². The van der Waals surface area contributed by atoms with Gasteiger partial charge in [-0.15, -0.1) is 0 Å². The predicted octanol–water partition coefficient (Wildman–Crippen LogP) is 2.06.